The molecule has 1 aromatic heterocycles. The van der Waals surface area contributed by atoms with Crippen molar-refractivity contribution in [2.45, 2.75) is 0 Å². The monoisotopic (exact) mass is 475 g/mol. The molecule has 35 heavy (non-hydrogen) atoms. The number of anilines is 3. The summed E-state index contributed by atoms with van der Waals surface area (Å²) in [6.45, 7) is 1.82. The summed E-state index contributed by atoms with van der Waals surface area (Å²) in [5, 5.41) is 2.88. The maximum atomic E-state index is 13.0. The minimum Gasteiger partial charge on any atom is -0.497 e. The molecule has 1 aliphatic heterocycles. The van der Waals surface area contributed by atoms with Crippen LogP contribution in [0.5, 0.6) is 11.5 Å². The van der Waals surface area contributed by atoms with Crippen LogP contribution in [-0.4, -0.2) is 74.2 Å². The van der Waals surface area contributed by atoms with Gasteiger partial charge in [0.05, 0.1) is 14.2 Å². The Hall–Kier alpha value is -4.27. The summed E-state index contributed by atoms with van der Waals surface area (Å²) in [5.41, 5.74) is 3.20. The topological polar surface area (TPSA) is 87.2 Å². The zero-order valence-corrected chi connectivity index (χ0v) is 20.1. The maximum Gasteiger partial charge on any atom is 0.321 e. The van der Waals surface area contributed by atoms with Crippen molar-refractivity contribution in [2.75, 3.05) is 57.7 Å². The first kappa shape index (κ1) is 23.9. The summed E-state index contributed by atoms with van der Waals surface area (Å²) in [7, 11) is 5.09. The number of piperazine rings is 1. The van der Waals surface area contributed by atoms with Gasteiger partial charge in [0.15, 0.2) is 0 Å². The quantitative estimate of drug-likeness (QED) is 0.583. The Morgan fingerprint density at radius 3 is 1.94 bits per heavy atom. The first-order chi connectivity index (χ1) is 17.0. The molecule has 1 saturated heterocycles. The molecule has 1 aliphatic rings. The van der Waals surface area contributed by atoms with E-state index >= 15 is 0 Å². The lowest BCUT2D eigenvalue weighted by Gasteiger charge is -2.34. The Morgan fingerprint density at radius 1 is 0.829 bits per heavy atom. The van der Waals surface area contributed by atoms with E-state index in [0.717, 1.165) is 11.4 Å². The van der Waals surface area contributed by atoms with Gasteiger partial charge in [0.2, 0.25) is 0 Å². The highest BCUT2D eigenvalue weighted by Crippen LogP contribution is 2.26. The molecule has 0 bridgehead atoms. The summed E-state index contributed by atoms with van der Waals surface area (Å²) in [6, 6.07) is 16.4. The average molecular weight is 476 g/mol. The number of amides is 3. The Kier molecular flexibility index (Phi) is 7.35. The molecular formula is C26H29N5O4. The number of nitrogens with zero attached hydrogens (tertiary/aromatic N) is 4. The van der Waals surface area contributed by atoms with Gasteiger partial charge in [0.1, 0.15) is 11.5 Å². The van der Waals surface area contributed by atoms with Gasteiger partial charge in [0.25, 0.3) is 5.91 Å². The number of rotatable bonds is 6. The molecule has 0 unspecified atom stereocenters. The molecule has 3 aromatic rings. The van der Waals surface area contributed by atoms with Crippen LogP contribution in [0, 0.1) is 0 Å². The van der Waals surface area contributed by atoms with E-state index in [9.17, 15) is 9.59 Å². The van der Waals surface area contributed by atoms with E-state index in [1.165, 1.54) is 0 Å². The van der Waals surface area contributed by atoms with Gasteiger partial charge in [-0.05, 0) is 36.4 Å². The van der Waals surface area contributed by atoms with Crippen LogP contribution in [-0.2, 0) is 0 Å². The number of benzene rings is 2. The van der Waals surface area contributed by atoms with E-state index in [2.05, 4.69) is 10.3 Å². The van der Waals surface area contributed by atoms with Crippen molar-refractivity contribution >= 4 is 29.0 Å². The second kappa shape index (κ2) is 10.8. The van der Waals surface area contributed by atoms with Gasteiger partial charge in [-0.2, -0.15) is 0 Å². The summed E-state index contributed by atoms with van der Waals surface area (Å²) < 4.78 is 10.5. The van der Waals surface area contributed by atoms with Crippen LogP contribution in [0.2, 0.25) is 0 Å². The Bertz CT molecular complexity index is 1140. The summed E-state index contributed by atoms with van der Waals surface area (Å²) in [4.78, 5) is 35.3. The number of pyridine rings is 1. The summed E-state index contributed by atoms with van der Waals surface area (Å²) in [5.74, 6) is 1.14. The van der Waals surface area contributed by atoms with E-state index < -0.39 is 0 Å². The molecule has 4 rings (SSSR count). The zero-order chi connectivity index (χ0) is 24.8. The Labute approximate surface area is 204 Å². The highest BCUT2D eigenvalue weighted by atomic mass is 16.5. The van der Waals surface area contributed by atoms with Crippen molar-refractivity contribution in [1.29, 1.82) is 0 Å². The molecule has 0 spiro atoms. The third-order valence-corrected chi connectivity index (χ3v) is 6.01. The second-order valence-electron chi connectivity index (χ2n) is 8.12. The zero-order valence-electron chi connectivity index (χ0n) is 20.1. The highest BCUT2D eigenvalue weighted by Gasteiger charge is 2.25. The molecule has 3 amide bonds. The minimum atomic E-state index is -0.226. The number of ether oxygens (including phenoxy) is 2. The first-order valence-corrected chi connectivity index (χ1v) is 11.3. The number of aromatic nitrogens is 1. The standard InChI is InChI=1S/C26H29N5O4/c1-29(22-8-10-27-11-9-22)21-6-4-19(5-7-21)25(32)30-12-14-31(15-13-30)26(33)28-20-16-23(34-2)18-24(17-20)35-3/h4-11,16-18H,12-15H2,1-3H3,(H,28,33). The van der Waals surface area contributed by atoms with Crippen LogP contribution in [0.4, 0.5) is 21.9 Å². The fourth-order valence-electron chi connectivity index (χ4n) is 3.92. The molecule has 0 radical (unpaired) electrons. The van der Waals surface area contributed by atoms with Crippen molar-refractivity contribution in [3.63, 3.8) is 0 Å². The second-order valence-corrected chi connectivity index (χ2v) is 8.12. The van der Waals surface area contributed by atoms with Crippen molar-refractivity contribution in [3.05, 3.63) is 72.6 Å². The van der Waals surface area contributed by atoms with Crippen LogP contribution >= 0.6 is 0 Å². The van der Waals surface area contributed by atoms with Gasteiger partial charge < -0.3 is 29.5 Å². The first-order valence-electron chi connectivity index (χ1n) is 11.3. The van der Waals surface area contributed by atoms with Crippen molar-refractivity contribution in [3.8, 4) is 11.5 Å². The number of methoxy groups -OCH3 is 2. The van der Waals surface area contributed by atoms with E-state index in [1.54, 1.807) is 54.6 Å². The molecule has 0 saturated carbocycles. The SMILES string of the molecule is COc1cc(NC(=O)N2CCN(C(=O)c3ccc(N(C)c4ccncc4)cc3)CC2)cc(OC)c1. The fraction of sp³-hybridized carbons (Fsp3) is 0.269. The molecule has 1 fully saturated rings. The van der Waals surface area contributed by atoms with Crippen LogP contribution in [0.1, 0.15) is 10.4 Å². The normalized spacial score (nSPS) is 13.2. The molecule has 9 heteroatoms. The van der Waals surface area contributed by atoms with Crippen LogP contribution < -0.4 is 19.7 Å². The predicted octanol–water partition coefficient (Wildman–Crippen LogP) is 3.86. The molecule has 9 nitrogen and oxygen atoms in total. The van der Waals surface area contributed by atoms with Crippen molar-refractivity contribution in [2.24, 2.45) is 0 Å². The largest absolute Gasteiger partial charge is 0.497 e. The fourth-order valence-corrected chi connectivity index (χ4v) is 3.92. The molecule has 2 aromatic carbocycles. The minimum absolute atomic E-state index is 0.0410. The molecule has 182 valence electrons. The van der Waals surface area contributed by atoms with Gasteiger partial charge in [-0.1, -0.05) is 0 Å². The van der Waals surface area contributed by atoms with Gasteiger partial charge in [-0.3, -0.25) is 9.78 Å². The smallest absolute Gasteiger partial charge is 0.321 e. The van der Waals surface area contributed by atoms with Gasteiger partial charge >= 0.3 is 6.03 Å². The number of hydrogen-bond donors (Lipinski definition) is 1. The van der Waals surface area contributed by atoms with E-state index in [0.29, 0.717) is 48.9 Å². The third kappa shape index (κ3) is 5.63. The lowest BCUT2D eigenvalue weighted by molar-refractivity contribution is 0.0671. The van der Waals surface area contributed by atoms with Crippen LogP contribution in [0.3, 0.4) is 0 Å². The van der Waals surface area contributed by atoms with Gasteiger partial charge in [-0.15, -0.1) is 0 Å². The Balaban J connectivity index is 1.33. The Morgan fingerprint density at radius 2 is 1.37 bits per heavy atom. The number of hydrogen-bond acceptors (Lipinski definition) is 6. The van der Waals surface area contributed by atoms with E-state index in [4.69, 9.17) is 9.47 Å². The average Bonchev–Trinajstić information content (AvgIpc) is 2.92. The number of urea groups is 1. The van der Waals surface area contributed by atoms with Gasteiger partial charge in [0, 0.05) is 86.4 Å². The summed E-state index contributed by atoms with van der Waals surface area (Å²) >= 11 is 0. The van der Waals surface area contributed by atoms with E-state index in [1.807, 2.05) is 48.3 Å². The maximum absolute atomic E-state index is 13.0. The third-order valence-electron chi connectivity index (χ3n) is 6.01. The lowest BCUT2D eigenvalue weighted by atomic mass is 10.1. The molecule has 0 aliphatic carbocycles. The van der Waals surface area contributed by atoms with Gasteiger partial charge in [-0.25, -0.2) is 4.79 Å². The molecule has 0 atom stereocenters. The molecular weight excluding hydrogens is 446 g/mol. The number of carbonyl (C=O) groups excluding carboxylic acids is 2. The van der Waals surface area contributed by atoms with Crippen LogP contribution in [0.15, 0.2) is 67.0 Å². The van der Waals surface area contributed by atoms with Crippen molar-refractivity contribution < 1.29 is 19.1 Å². The summed E-state index contributed by atoms with van der Waals surface area (Å²) in [6.07, 6.45) is 3.49. The number of nitrogens with one attached hydrogen (secondary N) is 1. The van der Waals surface area contributed by atoms with Crippen LogP contribution in [0.25, 0.3) is 0 Å². The molecule has 2 heterocycles. The van der Waals surface area contributed by atoms with Crippen molar-refractivity contribution in [1.82, 2.24) is 14.8 Å². The predicted molar refractivity (Wildman–Crippen MR) is 135 cm³/mol. The number of carbonyl (C=O) groups is 2. The highest BCUT2D eigenvalue weighted by molar-refractivity contribution is 5.95. The molecule has 1 N–H and O–H groups in total. The lowest BCUT2D eigenvalue weighted by Crippen LogP contribution is -2.51. The van der Waals surface area contributed by atoms with E-state index in [-0.39, 0.29) is 11.9 Å².